The van der Waals surface area contributed by atoms with Crippen LogP contribution >= 0.6 is 12.4 Å². The van der Waals surface area contributed by atoms with Gasteiger partial charge in [0.15, 0.2) is 0 Å². The van der Waals surface area contributed by atoms with Gasteiger partial charge in [0.1, 0.15) is 5.54 Å². The van der Waals surface area contributed by atoms with Crippen molar-refractivity contribution < 1.29 is 4.79 Å². The normalized spacial score (nSPS) is 14.3. The van der Waals surface area contributed by atoms with Crippen molar-refractivity contribution in [3.63, 3.8) is 0 Å². The van der Waals surface area contributed by atoms with Crippen molar-refractivity contribution in [3.8, 4) is 0 Å². The first-order chi connectivity index (χ1) is 10.3. The molecule has 0 aliphatic carbocycles. The first-order valence-electron chi connectivity index (χ1n) is 7.54. The molecule has 0 saturated heterocycles. The average Bonchev–Trinajstić information content (AvgIpc) is 2.47. The van der Waals surface area contributed by atoms with Crippen LogP contribution in [0.25, 0.3) is 0 Å². The van der Waals surface area contributed by atoms with Crippen LogP contribution in [0.5, 0.6) is 0 Å². The third-order valence-corrected chi connectivity index (χ3v) is 3.94. The topological polar surface area (TPSA) is 55.1 Å². The third-order valence-electron chi connectivity index (χ3n) is 3.94. The standard InChI is InChI=1S/C19H24N2O.ClH/c1-13-10-14(2)12-16(11-13)15(3)21-18(22)19(4,20)17-8-6-5-7-9-17;/h5-12,15H,20H2,1-4H3,(H,21,22);1H. The number of carbonyl (C=O) groups excluding carboxylic acids is 1. The Morgan fingerprint density at radius 1 is 1.09 bits per heavy atom. The minimum Gasteiger partial charge on any atom is -0.348 e. The van der Waals surface area contributed by atoms with Gasteiger partial charge in [-0.3, -0.25) is 4.79 Å². The van der Waals surface area contributed by atoms with Crippen molar-refractivity contribution in [1.82, 2.24) is 5.32 Å². The van der Waals surface area contributed by atoms with Gasteiger partial charge in [-0.05, 0) is 38.8 Å². The van der Waals surface area contributed by atoms with Gasteiger partial charge in [0.05, 0.1) is 6.04 Å². The molecule has 124 valence electrons. The number of rotatable bonds is 4. The van der Waals surface area contributed by atoms with Crippen molar-refractivity contribution in [2.24, 2.45) is 5.73 Å². The fourth-order valence-corrected chi connectivity index (χ4v) is 2.61. The van der Waals surface area contributed by atoms with Crippen LogP contribution in [0.3, 0.4) is 0 Å². The highest BCUT2D eigenvalue weighted by molar-refractivity contribution is 5.87. The van der Waals surface area contributed by atoms with Gasteiger partial charge in [-0.15, -0.1) is 12.4 Å². The SMILES string of the molecule is Cc1cc(C)cc(C(C)NC(=O)C(C)(N)c2ccccc2)c1.Cl. The highest BCUT2D eigenvalue weighted by Crippen LogP contribution is 2.21. The van der Waals surface area contributed by atoms with E-state index in [4.69, 9.17) is 5.73 Å². The van der Waals surface area contributed by atoms with E-state index in [-0.39, 0.29) is 24.4 Å². The second-order valence-corrected chi connectivity index (χ2v) is 6.18. The van der Waals surface area contributed by atoms with Crippen LogP contribution in [0.15, 0.2) is 48.5 Å². The van der Waals surface area contributed by atoms with Gasteiger partial charge >= 0.3 is 0 Å². The van der Waals surface area contributed by atoms with Crippen molar-refractivity contribution >= 4 is 18.3 Å². The smallest absolute Gasteiger partial charge is 0.244 e. The lowest BCUT2D eigenvalue weighted by Crippen LogP contribution is -2.49. The molecule has 3 nitrogen and oxygen atoms in total. The fourth-order valence-electron chi connectivity index (χ4n) is 2.61. The number of halogens is 1. The van der Waals surface area contributed by atoms with Crippen LogP contribution in [-0.4, -0.2) is 5.91 Å². The zero-order valence-electron chi connectivity index (χ0n) is 14.1. The van der Waals surface area contributed by atoms with Crippen molar-refractivity contribution in [2.75, 3.05) is 0 Å². The van der Waals surface area contributed by atoms with Crippen LogP contribution in [0.2, 0.25) is 0 Å². The number of hydrogen-bond acceptors (Lipinski definition) is 2. The maximum absolute atomic E-state index is 12.6. The molecule has 0 heterocycles. The number of benzene rings is 2. The summed E-state index contributed by atoms with van der Waals surface area (Å²) in [5.41, 5.74) is 9.49. The summed E-state index contributed by atoms with van der Waals surface area (Å²) in [7, 11) is 0. The Kier molecular flexibility index (Phi) is 6.37. The number of amides is 1. The number of nitrogens with one attached hydrogen (secondary N) is 1. The molecule has 0 radical (unpaired) electrons. The van der Waals surface area contributed by atoms with E-state index >= 15 is 0 Å². The Balaban J connectivity index is 0.00000264. The summed E-state index contributed by atoms with van der Waals surface area (Å²) in [5.74, 6) is -0.176. The largest absolute Gasteiger partial charge is 0.348 e. The molecule has 2 aromatic carbocycles. The van der Waals surface area contributed by atoms with Crippen LogP contribution in [0.4, 0.5) is 0 Å². The first kappa shape index (κ1) is 19.2. The van der Waals surface area contributed by atoms with E-state index in [0.29, 0.717) is 0 Å². The summed E-state index contributed by atoms with van der Waals surface area (Å²) in [4.78, 5) is 12.6. The molecule has 1 amide bonds. The average molecular weight is 333 g/mol. The van der Waals surface area contributed by atoms with E-state index < -0.39 is 5.54 Å². The molecular formula is C19H25ClN2O. The second-order valence-electron chi connectivity index (χ2n) is 6.18. The first-order valence-corrected chi connectivity index (χ1v) is 7.54. The lowest BCUT2D eigenvalue weighted by atomic mass is 9.91. The maximum atomic E-state index is 12.6. The molecule has 0 bridgehead atoms. The molecule has 4 heteroatoms. The van der Waals surface area contributed by atoms with Gasteiger partial charge in [-0.1, -0.05) is 59.7 Å². The molecule has 2 unspecified atom stereocenters. The van der Waals surface area contributed by atoms with E-state index in [1.54, 1.807) is 6.92 Å². The Morgan fingerprint density at radius 2 is 1.61 bits per heavy atom. The summed E-state index contributed by atoms with van der Waals surface area (Å²) in [6.45, 7) is 7.84. The highest BCUT2D eigenvalue weighted by atomic mass is 35.5. The Morgan fingerprint density at radius 3 is 2.13 bits per heavy atom. The molecule has 3 N–H and O–H groups in total. The van der Waals surface area contributed by atoms with Crippen molar-refractivity contribution in [3.05, 3.63) is 70.8 Å². The van der Waals surface area contributed by atoms with Crippen molar-refractivity contribution in [2.45, 2.75) is 39.3 Å². The van der Waals surface area contributed by atoms with Crippen LogP contribution < -0.4 is 11.1 Å². The molecule has 2 atom stereocenters. The number of hydrogen-bond donors (Lipinski definition) is 2. The van der Waals surface area contributed by atoms with E-state index in [2.05, 4.69) is 37.4 Å². The summed E-state index contributed by atoms with van der Waals surface area (Å²) in [6.07, 6.45) is 0. The molecule has 0 aliphatic heterocycles. The van der Waals surface area contributed by atoms with Crippen molar-refractivity contribution in [1.29, 1.82) is 0 Å². The highest BCUT2D eigenvalue weighted by Gasteiger charge is 2.31. The summed E-state index contributed by atoms with van der Waals surface area (Å²) in [6, 6.07) is 15.7. The molecule has 0 saturated carbocycles. The van der Waals surface area contributed by atoms with E-state index in [0.717, 1.165) is 11.1 Å². The molecular weight excluding hydrogens is 308 g/mol. The van der Waals surface area contributed by atoms with Gasteiger partial charge in [-0.25, -0.2) is 0 Å². The molecule has 0 aliphatic rings. The van der Waals surface area contributed by atoms with Gasteiger partial charge in [0.25, 0.3) is 0 Å². The Bertz CT molecular complexity index is 648. The quantitative estimate of drug-likeness (QED) is 0.895. The van der Waals surface area contributed by atoms with Gasteiger partial charge < -0.3 is 11.1 Å². The van der Waals surface area contributed by atoms with E-state index in [1.807, 2.05) is 37.3 Å². The van der Waals surface area contributed by atoms with Crippen LogP contribution in [0.1, 0.15) is 42.1 Å². The number of aryl methyl sites for hydroxylation is 2. The Hall–Kier alpha value is -1.84. The predicted octanol–water partition coefficient (Wildman–Crippen LogP) is 3.78. The zero-order chi connectivity index (χ0) is 16.3. The third kappa shape index (κ3) is 4.57. The molecule has 0 spiro atoms. The zero-order valence-corrected chi connectivity index (χ0v) is 14.9. The lowest BCUT2D eigenvalue weighted by molar-refractivity contribution is -0.126. The minimum absolute atomic E-state index is 0. The van der Waals surface area contributed by atoms with Gasteiger partial charge in [0, 0.05) is 0 Å². The monoisotopic (exact) mass is 332 g/mol. The minimum atomic E-state index is -1.05. The van der Waals surface area contributed by atoms with Gasteiger partial charge in [0.2, 0.25) is 5.91 Å². The van der Waals surface area contributed by atoms with Crippen LogP contribution in [-0.2, 0) is 10.3 Å². The summed E-state index contributed by atoms with van der Waals surface area (Å²) >= 11 is 0. The Labute approximate surface area is 144 Å². The summed E-state index contributed by atoms with van der Waals surface area (Å²) in [5, 5.41) is 3.03. The molecule has 0 aromatic heterocycles. The predicted molar refractivity (Wildman–Crippen MR) is 97.7 cm³/mol. The van der Waals surface area contributed by atoms with E-state index in [1.165, 1.54) is 11.1 Å². The molecule has 0 fully saturated rings. The molecule has 2 rings (SSSR count). The fraction of sp³-hybridized carbons (Fsp3) is 0.316. The van der Waals surface area contributed by atoms with E-state index in [9.17, 15) is 4.79 Å². The molecule has 2 aromatic rings. The lowest BCUT2D eigenvalue weighted by Gasteiger charge is -2.26. The number of carbonyl (C=O) groups is 1. The summed E-state index contributed by atoms with van der Waals surface area (Å²) < 4.78 is 0. The van der Waals surface area contributed by atoms with Gasteiger partial charge in [-0.2, -0.15) is 0 Å². The molecule has 23 heavy (non-hydrogen) atoms. The van der Waals surface area contributed by atoms with Crippen LogP contribution in [0, 0.1) is 13.8 Å². The second kappa shape index (κ2) is 7.62. The maximum Gasteiger partial charge on any atom is 0.244 e. The number of nitrogens with two attached hydrogens (primary N) is 1.